The number of aliphatic hydroxyl groups excluding tert-OH is 1. The highest BCUT2D eigenvalue weighted by molar-refractivity contribution is 5.97. The summed E-state index contributed by atoms with van der Waals surface area (Å²) in [6.45, 7) is 19.0. The van der Waals surface area contributed by atoms with Gasteiger partial charge in [0.1, 0.15) is 5.76 Å². The number of fused-ring (bicyclic) bond motifs is 5. The molecule has 0 radical (unpaired) electrons. The van der Waals surface area contributed by atoms with E-state index in [1.807, 2.05) is 0 Å². The number of aliphatic hydroxyl groups is 1. The van der Waals surface area contributed by atoms with Crippen LogP contribution < -0.4 is 0 Å². The van der Waals surface area contributed by atoms with Crippen molar-refractivity contribution < 1.29 is 9.90 Å². The minimum atomic E-state index is -0.419. The van der Waals surface area contributed by atoms with Gasteiger partial charge in [-0.05, 0) is 91.4 Å². The lowest BCUT2D eigenvalue weighted by atomic mass is 9.39. The third kappa shape index (κ3) is 3.21. The predicted octanol–water partition coefficient (Wildman–Crippen LogP) is 8.28. The molecule has 2 nitrogen and oxygen atoms in total. The van der Waals surface area contributed by atoms with Gasteiger partial charge in [-0.25, -0.2) is 0 Å². The van der Waals surface area contributed by atoms with E-state index in [-0.39, 0.29) is 28.3 Å². The Morgan fingerprint density at radius 2 is 1.69 bits per heavy atom. The average Bonchev–Trinajstić information content (AvgIpc) is 2.97. The predicted molar refractivity (Wildman–Crippen MR) is 133 cm³/mol. The van der Waals surface area contributed by atoms with Crippen LogP contribution in [0.25, 0.3) is 0 Å². The molecule has 0 aliphatic heterocycles. The summed E-state index contributed by atoms with van der Waals surface area (Å²) in [6, 6.07) is 0. The molecule has 32 heavy (non-hydrogen) atoms. The number of hydrogen-bond donors (Lipinski definition) is 1. The number of hydrogen-bond acceptors (Lipinski definition) is 2. The van der Waals surface area contributed by atoms with E-state index in [1.54, 1.807) is 6.08 Å². The molecule has 4 rings (SSSR count). The molecule has 4 aliphatic carbocycles. The van der Waals surface area contributed by atoms with Crippen molar-refractivity contribution in [3.05, 3.63) is 23.5 Å². The van der Waals surface area contributed by atoms with Crippen LogP contribution in [-0.4, -0.2) is 10.9 Å². The van der Waals surface area contributed by atoms with Crippen LogP contribution in [0.5, 0.6) is 0 Å². The van der Waals surface area contributed by atoms with E-state index in [1.165, 1.54) is 44.1 Å². The maximum Gasteiger partial charge on any atom is 0.166 e. The molecular formula is C30H48O2. The number of rotatable bonds is 5. The summed E-state index contributed by atoms with van der Waals surface area (Å²) in [5.74, 6) is 3.27. The fourth-order valence-electron chi connectivity index (χ4n) is 9.15. The smallest absolute Gasteiger partial charge is 0.166 e. The van der Waals surface area contributed by atoms with E-state index in [2.05, 4.69) is 61.5 Å². The van der Waals surface area contributed by atoms with Crippen LogP contribution in [0, 0.1) is 51.2 Å². The van der Waals surface area contributed by atoms with Crippen molar-refractivity contribution >= 4 is 5.78 Å². The molecule has 0 aromatic rings. The lowest BCUT2D eigenvalue weighted by Gasteiger charge is -2.64. The lowest BCUT2D eigenvalue weighted by molar-refractivity contribution is -0.150. The maximum absolute atomic E-state index is 13.3. The Kier molecular flexibility index (Phi) is 5.83. The Balaban J connectivity index is 1.65. The first-order valence-corrected chi connectivity index (χ1v) is 13.4. The SMILES string of the molecule is CC(C)CCC[C@@H](C)[C@H]1CC[C@@]2(C)[C@@H]3CC=C4[C@@H](C(=O)C=C(O)C4(C)C)[C@]3(C)CC[C@]12C. The molecule has 0 amide bonds. The Hall–Kier alpha value is -1.05. The molecule has 180 valence electrons. The van der Waals surface area contributed by atoms with E-state index in [9.17, 15) is 9.90 Å². The standard InChI is InChI=1S/C30H48O2/c1-19(2)10-9-11-20(3)21-14-15-30(8)24-13-12-22-26(23(31)18-25(32)27(22,4)5)28(24,6)16-17-29(21,30)7/h12,18-21,24,26,32H,9-11,13-17H2,1-8H3/t20-,21-,24-,26+,28-,29-,30+/m1/s1. The first kappa shape index (κ1) is 24.1. The zero-order valence-electron chi connectivity index (χ0n) is 22.1. The first-order chi connectivity index (χ1) is 14.8. The van der Waals surface area contributed by atoms with E-state index in [0.717, 1.165) is 30.6 Å². The monoisotopic (exact) mass is 440 g/mol. The Bertz CT molecular complexity index is 832. The maximum atomic E-state index is 13.3. The molecule has 2 saturated carbocycles. The second kappa shape index (κ2) is 7.74. The van der Waals surface area contributed by atoms with Gasteiger partial charge in [-0.1, -0.05) is 66.9 Å². The van der Waals surface area contributed by atoms with Crippen LogP contribution in [0.4, 0.5) is 0 Å². The average molecular weight is 441 g/mol. The first-order valence-electron chi connectivity index (χ1n) is 13.4. The second-order valence-corrected chi connectivity index (χ2v) is 13.7. The summed E-state index contributed by atoms with van der Waals surface area (Å²) in [5, 5.41) is 10.6. The summed E-state index contributed by atoms with van der Waals surface area (Å²) in [5.41, 5.74) is 1.42. The Labute approximate surface area is 197 Å². The minimum Gasteiger partial charge on any atom is -0.511 e. The minimum absolute atomic E-state index is 0.000330. The van der Waals surface area contributed by atoms with Crippen molar-refractivity contribution in [2.24, 2.45) is 51.2 Å². The van der Waals surface area contributed by atoms with Gasteiger partial charge in [0.2, 0.25) is 0 Å². The largest absolute Gasteiger partial charge is 0.511 e. The highest BCUT2D eigenvalue weighted by Gasteiger charge is 2.68. The van der Waals surface area contributed by atoms with Gasteiger partial charge in [-0.2, -0.15) is 0 Å². The van der Waals surface area contributed by atoms with Gasteiger partial charge in [0.25, 0.3) is 0 Å². The van der Waals surface area contributed by atoms with Gasteiger partial charge < -0.3 is 5.11 Å². The fraction of sp³-hybridized carbons (Fsp3) is 0.833. The summed E-state index contributed by atoms with van der Waals surface area (Å²) in [4.78, 5) is 13.3. The van der Waals surface area contributed by atoms with Gasteiger partial charge in [-0.3, -0.25) is 4.79 Å². The number of allylic oxidation sites excluding steroid dienone is 3. The van der Waals surface area contributed by atoms with Gasteiger partial charge >= 0.3 is 0 Å². The highest BCUT2D eigenvalue weighted by atomic mass is 16.3. The van der Waals surface area contributed by atoms with Crippen molar-refractivity contribution in [3.8, 4) is 0 Å². The van der Waals surface area contributed by atoms with Crippen molar-refractivity contribution in [3.63, 3.8) is 0 Å². The molecule has 4 aliphatic rings. The molecule has 2 fully saturated rings. The van der Waals surface area contributed by atoms with Crippen molar-refractivity contribution in [1.29, 1.82) is 0 Å². The van der Waals surface area contributed by atoms with Gasteiger partial charge in [0.05, 0.1) is 0 Å². The molecule has 0 aromatic heterocycles. The molecule has 0 saturated heterocycles. The zero-order chi connectivity index (χ0) is 23.7. The zero-order valence-corrected chi connectivity index (χ0v) is 22.1. The number of carbonyl (C=O) groups is 1. The van der Waals surface area contributed by atoms with Crippen LogP contribution in [0.2, 0.25) is 0 Å². The summed E-state index contributed by atoms with van der Waals surface area (Å²) >= 11 is 0. The molecule has 0 spiro atoms. The van der Waals surface area contributed by atoms with E-state index in [4.69, 9.17) is 0 Å². The van der Waals surface area contributed by atoms with Crippen LogP contribution >= 0.6 is 0 Å². The lowest BCUT2D eigenvalue weighted by Crippen LogP contribution is -2.59. The Morgan fingerprint density at radius 3 is 2.34 bits per heavy atom. The van der Waals surface area contributed by atoms with Crippen LogP contribution in [-0.2, 0) is 4.79 Å². The van der Waals surface area contributed by atoms with Crippen LogP contribution in [0.15, 0.2) is 23.5 Å². The van der Waals surface area contributed by atoms with Gasteiger partial charge in [-0.15, -0.1) is 0 Å². The normalized spacial score (nSPS) is 43.8. The van der Waals surface area contributed by atoms with E-state index >= 15 is 0 Å². The Morgan fingerprint density at radius 1 is 1.00 bits per heavy atom. The molecule has 2 heteroatoms. The molecule has 0 aromatic carbocycles. The highest BCUT2D eigenvalue weighted by Crippen LogP contribution is 2.74. The quantitative estimate of drug-likeness (QED) is 0.437. The molecule has 7 atom stereocenters. The molecule has 0 unspecified atom stereocenters. The van der Waals surface area contributed by atoms with Crippen LogP contribution in [0.1, 0.15) is 107 Å². The molecule has 0 bridgehead atoms. The third-order valence-electron chi connectivity index (χ3n) is 11.4. The topological polar surface area (TPSA) is 37.3 Å². The van der Waals surface area contributed by atoms with E-state index < -0.39 is 5.41 Å². The van der Waals surface area contributed by atoms with Gasteiger partial charge in [0.15, 0.2) is 5.78 Å². The van der Waals surface area contributed by atoms with Crippen molar-refractivity contribution in [2.75, 3.05) is 0 Å². The second-order valence-electron chi connectivity index (χ2n) is 13.7. The molecule has 1 N–H and O–H groups in total. The van der Waals surface area contributed by atoms with Crippen molar-refractivity contribution in [2.45, 2.75) is 107 Å². The summed E-state index contributed by atoms with van der Waals surface area (Å²) < 4.78 is 0. The summed E-state index contributed by atoms with van der Waals surface area (Å²) in [7, 11) is 0. The van der Waals surface area contributed by atoms with Crippen molar-refractivity contribution in [1.82, 2.24) is 0 Å². The fourth-order valence-corrected chi connectivity index (χ4v) is 9.15. The van der Waals surface area contributed by atoms with E-state index in [0.29, 0.717) is 11.3 Å². The number of ketones is 1. The number of carbonyl (C=O) groups excluding carboxylic acids is 1. The summed E-state index contributed by atoms with van der Waals surface area (Å²) in [6.07, 6.45) is 14.1. The van der Waals surface area contributed by atoms with Crippen LogP contribution in [0.3, 0.4) is 0 Å². The van der Waals surface area contributed by atoms with Gasteiger partial charge in [0, 0.05) is 17.4 Å². The molecular weight excluding hydrogens is 392 g/mol. The molecule has 0 heterocycles. The third-order valence-corrected chi connectivity index (χ3v) is 11.4.